The van der Waals surface area contributed by atoms with Gasteiger partial charge in [-0.3, -0.25) is 0 Å². The molecule has 0 aliphatic carbocycles. The second-order valence-electron chi connectivity index (χ2n) is 4.17. The lowest BCUT2D eigenvalue weighted by Gasteiger charge is -2.08. The summed E-state index contributed by atoms with van der Waals surface area (Å²) in [4.78, 5) is 10.5. The van der Waals surface area contributed by atoms with Crippen molar-refractivity contribution in [2.75, 3.05) is 0 Å². The third-order valence-corrected chi connectivity index (χ3v) is 3.28. The lowest BCUT2D eigenvalue weighted by atomic mass is 9.97. The second kappa shape index (κ2) is 4.30. The van der Waals surface area contributed by atoms with Gasteiger partial charge in [-0.05, 0) is 23.6 Å². The summed E-state index contributed by atoms with van der Waals surface area (Å²) in [5.74, 6) is 0.248. The normalized spacial score (nSPS) is 12.9. The Bertz CT molecular complexity index is 530. The lowest BCUT2D eigenvalue weighted by molar-refractivity contribution is -0.108. The fourth-order valence-corrected chi connectivity index (χ4v) is 2.25. The van der Waals surface area contributed by atoms with E-state index in [4.69, 9.17) is 11.6 Å². The number of carbonyl (C=O) groups is 1. The molecule has 0 saturated carbocycles. The molecular formula is C13H14ClNO. The molecule has 1 atom stereocenters. The summed E-state index contributed by atoms with van der Waals surface area (Å²) in [6.07, 6.45) is 3.41. The van der Waals surface area contributed by atoms with Gasteiger partial charge < -0.3 is 9.36 Å². The topological polar surface area (TPSA) is 22.0 Å². The Morgan fingerprint density at radius 2 is 2.25 bits per heavy atom. The van der Waals surface area contributed by atoms with Gasteiger partial charge in [0, 0.05) is 30.6 Å². The van der Waals surface area contributed by atoms with Gasteiger partial charge in [0.2, 0.25) is 0 Å². The van der Waals surface area contributed by atoms with Crippen LogP contribution < -0.4 is 0 Å². The summed E-state index contributed by atoms with van der Waals surface area (Å²) in [7, 11) is 1.97. The van der Waals surface area contributed by atoms with Crippen LogP contribution in [0.2, 0.25) is 5.02 Å². The molecule has 84 valence electrons. The van der Waals surface area contributed by atoms with E-state index in [-0.39, 0.29) is 5.92 Å². The van der Waals surface area contributed by atoms with Crippen LogP contribution in [0.3, 0.4) is 0 Å². The Morgan fingerprint density at radius 3 is 2.94 bits per heavy atom. The molecule has 0 aliphatic heterocycles. The van der Waals surface area contributed by atoms with Gasteiger partial charge >= 0.3 is 0 Å². The van der Waals surface area contributed by atoms with Gasteiger partial charge in [-0.25, -0.2) is 0 Å². The smallest absolute Gasteiger partial charge is 0.120 e. The Labute approximate surface area is 99.8 Å². The van der Waals surface area contributed by atoms with Gasteiger partial charge in [-0.15, -0.1) is 0 Å². The van der Waals surface area contributed by atoms with Crippen molar-refractivity contribution >= 4 is 28.8 Å². The number of hydrogen-bond acceptors (Lipinski definition) is 1. The van der Waals surface area contributed by atoms with E-state index < -0.39 is 0 Å². The standard InChI is InChI=1S/C13H14ClNO/c1-9(5-6-16)10-3-4-13-11(7-10)12(14)8-15(13)2/h3-4,6-9H,5H2,1-2H3. The van der Waals surface area contributed by atoms with E-state index in [9.17, 15) is 4.79 Å². The molecule has 0 bridgehead atoms. The minimum Gasteiger partial charge on any atom is -0.349 e. The Kier molecular flexibility index (Phi) is 3.01. The van der Waals surface area contributed by atoms with E-state index in [0.29, 0.717) is 6.42 Å². The molecule has 0 spiro atoms. The van der Waals surface area contributed by atoms with Crippen molar-refractivity contribution < 1.29 is 4.79 Å². The molecule has 1 heterocycles. The molecule has 3 heteroatoms. The SMILES string of the molecule is CC(CC=O)c1ccc2c(c1)c(Cl)cn2C. The van der Waals surface area contributed by atoms with Crippen LogP contribution in [-0.4, -0.2) is 10.9 Å². The predicted molar refractivity (Wildman–Crippen MR) is 67.0 cm³/mol. The zero-order valence-corrected chi connectivity index (χ0v) is 10.2. The van der Waals surface area contributed by atoms with Gasteiger partial charge in [0.15, 0.2) is 0 Å². The van der Waals surface area contributed by atoms with Gasteiger partial charge in [0.05, 0.1) is 5.02 Å². The van der Waals surface area contributed by atoms with Gasteiger partial charge in [-0.2, -0.15) is 0 Å². The van der Waals surface area contributed by atoms with E-state index in [2.05, 4.69) is 18.2 Å². The first-order chi connectivity index (χ1) is 7.63. The van der Waals surface area contributed by atoms with Crippen molar-refractivity contribution in [1.29, 1.82) is 0 Å². The lowest BCUT2D eigenvalue weighted by Crippen LogP contribution is -1.94. The number of hydrogen-bond donors (Lipinski definition) is 0. The number of fused-ring (bicyclic) bond motifs is 1. The van der Waals surface area contributed by atoms with Crippen LogP contribution >= 0.6 is 11.6 Å². The van der Waals surface area contributed by atoms with Crippen LogP contribution in [0.15, 0.2) is 24.4 Å². The minimum absolute atomic E-state index is 0.248. The molecule has 16 heavy (non-hydrogen) atoms. The molecule has 0 aliphatic rings. The van der Waals surface area contributed by atoms with Crippen LogP contribution in [0, 0.1) is 0 Å². The third kappa shape index (κ3) is 1.85. The largest absolute Gasteiger partial charge is 0.349 e. The highest BCUT2D eigenvalue weighted by Gasteiger charge is 2.09. The van der Waals surface area contributed by atoms with Crippen molar-refractivity contribution in [1.82, 2.24) is 4.57 Å². The van der Waals surface area contributed by atoms with Crippen LogP contribution in [0.5, 0.6) is 0 Å². The maximum absolute atomic E-state index is 10.5. The summed E-state index contributed by atoms with van der Waals surface area (Å²) in [5.41, 5.74) is 2.28. The summed E-state index contributed by atoms with van der Waals surface area (Å²) in [5, 5.41) is 1.82. The zero-order chi connectivity index (χ0) is 11.7. The molecule has 2 nitrogen and oxygen atoms in total. The number of nitrogens with zero attached hydrogens (tertiary/aromatic N) is 1. The Hall–Kier alpha value is -1.28. The summed E-state index contributed by atoms with van der Waals surface area (Å²) in [6, 6.07) is 6.19. The first-order valence-corrected chi connectivity index (χ1v) is 5.69. The van der Waals surface area contributed by atoms with E-state index in [1.807, 2.05) is 24.7 Å². The number of aryl methyl sites for hydroxylation is 1. The van der Waals surface area contributed by atoms with Gasteiger partial charge in [0.1, 0.15) is 6.29 Å². The minimum atomic E-state index is 0.248. The Morgan fingerprint density at radius 1 is 1.50 bits per heavy atom. The molecule has 1 aromatic carbocycles. The van der Waals surface area contributed by atoms with E-state index in [0.717, 1.165) is 27.8 Å². The highest BCUT2D eigenvalue weighted by atomic mass is 35.5. The number of aromatic nitrogens is 1. The zero-order valence-electron chi connectivity index (χ0n) is 9.40. The van der Waals surface area contributed by atoms with Crippen molar-refractivity contribution in [2.24, 2.45) is 7.05 Å². The molecule has 0 fully saturated rings. The average molecular weight is 236 g/mol. The van der Waals surface area contributed by atoms with Crippen LogP contribution in [0.1, 0.15) is 24.8 Å². The molecular weight excluding hydrogens is 222 g/mol. The molecule has 2 aromatic rings. The predicted octanol–water partition coefficient (Wildman–Crippen LogP) is 3.52. The van der Waals surface area contributed by atoms with E-state index in [1.165, 1.54) is 0 Å². The molecule has 2 rings (SSSR count). The Balaban J connectivity index is 2.51. The molecule has 0 amide bonds. The van der Waals surface area contributed by atoms with Crippen molar-refractivity contribution in [3.63, 3.8) is 0 Å². The molecule has 1 aromatic heterocycles. The number of halogens is 1. The first-order valence-electron chi connectivity index (χ1n) is 5.31. The molecule has 0 saturated heterocycles. The summed E-state index contributed by atoms with van der Waals surface area (Å²) in [6.45, 7) is 2.05. The van der Waals surface area contributed by atoms with Gasteiger partial charge in [-0.1, -0.05) is 24.6 Å². The monoisotopic (exact) mass is 235 g/mol. The highest BCUT2D eigenvalue weighted by molar-refractivity contribution is 6.35. The van der Waals surface area contributed by atoms with Crippen molar-refractivity contribution in [3.05, 3.63) is 35.0 Å². The maximum atomic E-state index is 10.5. The number of benzene rings is 1. The quantitative estimate of drug-likeness (QED) is 0.746. The maximum Gasteiger partial charge on any atom is 0.120 e. The van der Waals surface area contributed by atoms with Crippen molar-refractivity contribution in [3.8, 4) is 0 Å². The van der Waals surface area contributed by atoms with E-state index in [1.54, 1.807) is 0 Å². The van der Waals surface area contributed by atoms with Crippen LogP contribution in [-0.2, 0) is 11.8 Å². The summed E-state index contributed by atoms with van der Waals surface area (Å²) >= 11 is 6.14. The first kappa shape index (κ1) is 11.2. The number of carbonyl (C=O) groups excluding carboxylic acids is 1. The summed E-state index contributed by atoms with van der Waals surface area (Å²) < 4.78 is 2.01. The van der Waals surface area contributed by atoms with Crippen LogP contribution in [0.25, 0.3) is 10.9 Å². The molecule has 1 unspecified atom stereocenters. The van der Waals surface area contributed by atoms with Crippen molar-refractivity contribution in [2.45, 2.75) is 19.3 Å². The highest BCUT2D eigenvalue weighted by Crippen LogP contribution is 2.29. The molecule has 0 N–H and O–H groups in total. The fourth-order valence-electron chi connectivity index (χ4n) is 1.95. The van der Waals surface area contributed by atoms with E-state index >= 15 is 0 Å². The number of aldehydes is 1. The number of rotatable bonds is 3. The van der Waals surface area contributed by atoms with Crippen LogP contribution in [0.4, 0.5) is 0 Å². The average Bonchev–Trinajstić information content (AvgIpc) is 2.55. The van der Waals surface area contributed by atoms with Gasteiger partial charge in [0.25, 0.3) is 0 Å². The second-order valence-corrected chi connectivity index (χ2v) is 4.58. The fraction of sp³-hybridized carbons (Fsp3) is 0.308. The third-order valence-electron chi connectivity index (χ3n) is 2.98. The molecule has 0 radical (unpaired) electrons.